The van der Waals surface area contributed by atoms with Gasteiger partial charge in [0, 0.05) is 23.3 Å². The van der Waals surface area contributed by atoms with Crippen LogP contribution in [0.2, 0.25) is 0 Å². The Bertz CT molecular complexity index is 1060. The number of hydrogen-bond acceptors (Lipinski definition) is 5. The van der Waals surface area contributed by atoms with Gasteiger partial charge in [-0.15, -0.1) is 0 Å². The molecule has 1 spiro atoms. The molecule has 0 bridgehead atoms. The van der Waals surface area contributed by atoms with Gasteiger partial charge in [-0.2, -0.15) is 18.4 Å². The summed E-state index contributed by atoms with van der Waals surface area (Å²) in [5, 5.41) is 18.8. The molecule has 0 aromatic heterocycles. The van der Waals surface area contributed by atoms with Crippen LogP contribution in [0, 0.1) is 28.1 Å². The Labute approximate surface area is 223 Å². The standard InChI is InChI=1S/C25H34F5N5O4/c1-21(2,3)16(34-20(39)25(28,29)30)19(38)33-15(10-22(4)12-24(22,26)27)18(37)32-14(11-31)9-13-5-6-23(7-8-23)35-17(13)36/h13-16H,5-10,12H2,1-4H3,(H,32,37)(H,33,38)(H,34,39)(H,35,36). The lowest BCUT2D eigenvalue weighted by Gasteiger charge is -2.33. The van der Waals surface area contributed by atoms with E-state index < -0.39 is 77.5 Å². The van der Waals surface area contributed by atoms with E-state index in [1.54, 1.807) is 5.32 Å². The Hall–Kier alpha value is -2.98. The smallest absolute Gasteiger partial charge is 0.350 e. The summed E-state index contributed by atoms with van der Waals surface area (Å²) in [5.41, 5.74) is -3.09. The number of piperidine rings is 1. The van der Waals surface area contributed by atoms with E-state index >= 15 is 0 Å². The SMILES string of the molecule is CC(C)(C)C(NC(=O)C(F)(F)F)C(=O)NC(CC1(C)CC1(F)F)C(=O)NC(C#N)CC1CCC2(CC2)NC1=O. The largest absolute Gasteiger partial charge is 0.471 e. The zero-order valence-electron chi connectivity index (χ0n) is 22.2. The van der Waals surface area contributed by atoms with Gasteiger partial charge in [0.2, 0.25) is 17.7 Å². The summed E-state index contributed by atoms with van der Waals surface area (Å²) < 4.78 is 66.6. The van der Waals surface area contributed by atoms with Gasteiger partial charge in [-0.1, -0.05) is 27.7 Å². The second-order valence-electron chi connectivity index (χ2n) is 12.4. The van der Waals surface area contributed by atoms with E-state index in [1.165, 1.54) is 27.7 Å². The highest BCUT2D eigenvalue weighted by Gasteiger charge is 2.68. The fraction of sp³-hybridized carbons (Fsp3) is 0.800. The van der Waals surface area contributed by atoms with E-state index in [1.807, 2.05) is 6.07 Å². The number of nitriles is 1. The monoisotopic (exact) mass is 563 g/mol. The zero-order valence-corrected chi connectivity index (χ0v) is 22.2. The van der Waals surface area contributed by atoms with Gasteiger partial charge in [0.1, 0.15) is 18.1 Å². The number of nitrogens with zero attached hydrogens (tertiary/aromatic N) is 1. The maximum atomic E-state index is 14.0. The maximum absolute atomic E-state index is 14.0. The fourth-order valence-electron chi connectivity index (χ4n) is 4.93. The third kappa shape index (κ3) is 7.16. The van der Waals surface area contributed by atoms with E-state index in [9.17, 15) is 46.4 Å². The number of hydrogen-bond donors (Lipinski definition) is 4. The lowest BCUT2D eigenvalue weighted by molar-refractivity contribution is -0.175. The van der Waals surface area contributed by atoms with Gasteiger partial charge in [0.05, 0.1) is 6.07 Å². The van der Waals surface area contributed by atoms with Crippen molar-refractivity contribution in [3.8, 4) is 6.07 Å². The summed E-state index contributed by atoms with van der Waals surface area (Å²) in [6.07, 6.45) is -3.44. The summed E-state index contributed by atoms with van der Waals surface area (Å²) >= 11 is 0. The Balaban J connectivity index is 1.73. The molecule has 9 nitrogen and oxygen atoms in total. The lowest BCUT2D eigenvalue weighted by atomic mass is 9.85. The normalized spacial score (nSPS) is 27.3. The zero-order chi connectivity index (χ0) is 29.6. The number of amides is 4. The second kappa shape index (κ2) is 10.2. The molecule has 0 radical (unpaired) electrons. The molecule has 2 saturated carbocycles. The molecule has 1 aliphatic heterocycles. The first-order valence-corrected chi connectivity index (χ1v) is 12.8. The van der Waals surface area contributed by atoms with Gasteiger partial charge in [-0.05, 0) is 43.9 Å². The first-order chi connectivity index (χ1) is 17.7. The second-order valence-corrected chi connectivity index (χ2v) is 12.4. The van der Waals surface area contributed by atoms with Crippen LogP contribution in [0.4, 0.5) is 22.0 Å². The molecule has 0 aromatic carbocycles. The summed E-state index contributed by atoms with van der Waals surface area (Å²) in [7, 11) is 0. The molecule has 4 N–H and O–H groups in total. The van der Waals surface area contributed by atoms with Crippen LogP contribution in [-0.2, 0) is 19.2 Å². The number of alkyl halides is 5. The highest BCUT2D eigenvalue weighted by molar-refractivity contribution is 5.93. The minimum Gasteiger partial charge on any atom is -0.350 e. The quantitative estimate of drug-likeness (QED) is 0.319. The molecule has 3 rings (SSSR count). The number of halogens is 5. The van der Waals surface area contributed by atoms with Crippen LogP contribution in [-0.4, -0.2) is 59.4 Å². The molecule has 3 fully saturated rings. The third-order valence-electron chi connectivity index (χ3n) is 7.90. The number of rotatable bonds is 9. The van der Waals surface area contributed by atoms with E-state index in [-0.39, 0.29) is 17.9 Å². The van der Waals surface area contributed by atoms with Crippen molar-refractivity contribution in [3.05, 3.63) is 0 Å². The van der Waals surface area contributed by atoms with Crippen molar-refractivity contribution < 1.29 is 41.1 Å². The van der Waals surface area contributed by atoms with Crippen molar-refractivity contribution in [2.45, 2.75) is 108 Å². The summed E-state index contributed by atoms with van der Waals surface area (Å²) in [6.45, 7) is 5.35. The molecule has 218 valence electrons. The van der Waals surface area contributed by atoms with Gasteiger partial charge in [-0.25, -0.2) is 8.78 Å². The predicted molar refractivity (Wildman–Crippen MR) is 127 cm³/mol. The summed E-state index contributed by atoms with van der Waals surface area (Å²) in [5.74, 6) is -8.47. The average molecular weight is 564 g/mol. The van der Waals surface area contributed by atoms with Crippen LogP contribution in [0.15, 0.2) is 0 Å². The van der Waals surface area contributed by atoms with Crippen LogP contribution < -0.4 is 21.3 Å². The van der Waals surface area contributed by atoms with Gasteiger partial charge < -0.3 is 21.3 Å². The average Bonchev–Trinajstić information content (AvgIpc) is 3.65. The molecular weight excluding hydrogens is 529 g/mol. The highest BCUT2D eigenvalue weighted by atomic mass is 19.4. The van der Waals surface area contributed by atoms with Gasteiger partial charge in [-0.3, -0.25) is 19.2 Å². The molecule has 5 unspecified atom stereocenters. The summed E-state index contributed by atoms with van der Waals surface area (Å²) in [6, 6.07) is -2.71. The van der Waals surface area contributed by atoms with E-state index in [4.69, 9.17) is 0 Å². The van der Waals surface area contributed by atoms with Crippen molar-refractivity contribution in [1.29, 1.82) is 5.26 Å². The van der Waals surface area contributed by atoms with Crippen molar-refractivity contribution in [2.24, 2.45) is 16.7 Å². The fourth-order valence-corrected chi connectivity index (χ4v) is 4.93. The van der Waals surface area contributed by atoms with E-state index in [2.05, 4.69) is 16.0 Å². The minimum atomic E-state index is -5.28. The Kier molecular flexibility index (Phi) is 8.00. The third-order valence-corrected chi connectivity index (χ3v) is 7.90. The Morgan fingerprint density at radius 2 is 1.67 bits per heavy atom. The van der Waals surface area contributed by atoms with Crippen LogP contribution in [0.1, 0.15) is 72.6 Å². The van der Waals surface area contributed by atoms with E-state index in [0.29, 0.717) is 6.42 Å². The number of carbonyl (C=O) groups excluding carboxylic acids is 4. The molecule has 3 aliphatic rings. The van der Waals surface area contributed by atoms with Crippen LogP contribution >= 0.6 is 0 Å². The van der Waals surface area contributed by atoms with Gasteiger partial charge in [0.25, 0.3) is 5.92 Å². The summed E-state index contributed by atoms with van der Waals surface area (Å²) in [4.78, 5) is 50.2. The molecule has 4 amide bonds. The van der Waals surface area contributed by atoms with Crippen LogP contribution in [0.3, 0.4) is 0 Å². The van der Waals surface area contributed by atoms with E-state index in [0.717, 1.165) is 19.3 Å². The lowest BCUT2D eigenvalue weighted by Crippen LogP contribution is -2.60. The van der Waals surface area contributed by atoms with Crippen molar-refractivity contribution in [1.82, 2.24) is 21.3 Å². The highest BCUT2D eigenvalue weighted by Crippen LogP contribution is 2.62. The van der Waals surface area contributed by atoms with Gasteiger partial charge >= 0.3 is 12.1 Å². The van der Waals surface area contributed by atoms with Crippen LogP contribution in [0.25, 0.3) is 0 Å². The molecule has 1 saturated heterocycles. The molecule has 2 aliphatic carbocycles. The van der Waals surface area contributed by atoms with Crippen molar-refractivity contribution in [3.63, 3.8) is 0 Å². The first-order valence-electron chi connectivity index (χ1n) is 12.8. The molecule has 0 aromatic rings. The molecule has 39 heavy (non-hydrogen) atoms. The Morgan fingerprint density at radius 1 is 1.08 bits per heavy atom. The maximum Gasteiger partial charge on any atom is 0.471 e. The Morgan fingerprint density at radius 3 is 2.10 bits per heavy atom. The van der Waals surface area contributed by atoms with Crippen molar-refractivity contribution >= 4 is 23.6 Å². The van der Waals surface area contributed by atoms with Crippen LogP contribution in [0.5, 0.6) is 0 Å². The molecular formula is C25H34F5N5O4. The van der Waals surface area contributed by atoms with Gasteiger partial charge in [0.15, 0.2) is 0 Å². The molecule has 5 atom stereocenters. The molecule has 1 heterocycles. The first kappa shape index (κ1) is 30.6. The predicted octanol–water partition coefficient (Wildman–Crippen LogP) is 2.46. The van der Waals surface area contributed by atoms with Crippen molar-refractivity contribution in [2.75, 3.05) is 0 Å². The topological polar surface area (TPSA) is 140 Å². The minimum absolute atomic E-state index is 0.0372. The number of carbonyl (C=O) groups is 4. The molecule has 14 heteroatoms. The number of nitrogens with one attached hydrogen (secondary N) is 4.